The number of piperidine rings is 2. The van der Waals surface area contributed by atoms with E-state index in [0.29, 0.717) is 82.3 Å². The smallest absolute Gasteiger partial charge is 0.256 e. The van der Waals surface area contributed by atoms with Crippen LogP contribution in [0.4, 0.5) is 0 Å². The molecule has 0 radical (unpaired) electrons. The number of nitrogens with two attached hydrogens (primary N) is 2. The zero-order chi connectivity index (χ0) is 85.9. The van der Waals surface area contributed by atoms with E-state index < -0.39 is 12.1 Å². The van der Waals surface area contributed by atoms with Crippen molar-refractivity contribution in [1.29, 1.82) is 0 Å². The predicted octanol–water partition coefficient (Wildman–Crippen LogP) is 6.48. The van der Waals surface area contributed by atoms with Gasteiger partial charge in [0.15, 0.2) is 0 Å². The number of carbonyl (C=O) groups excluding carboxylic acids is 5. The van der Waals surface area contributed by atoms with Crippen molar-refractivity contribution in [2.75, 3.05) is 105 Å². The Balaban J connectivity index is 0.000000115. The van der Waals surface area contributed by atoms with Crippen molar-refractivity contribution in [3.8, 4) is 0 Å². The third kappa shape index (κ3) is 19.6. The summed E-state index contributed by atoms with van der Waals surface area (Å²) in [6, 6.07) is 37.9. The molecule has 9 aliphatic heterocycles. The van der Waals surface area contributed by atoms with Crippen LogP contribution in [0.3, 0.4) is 0 Å². The Morgan fingerprint density at radius 3 is 1.18 bits per heavy atom. The number of likely N-dealkylation sites (tertiary alicyclic amines) is 2. The number of nitrogens with zero attached hydrogens (tertiary/aromatic N) is 9. The first kappa shape index (κ1) is 86.0. The zero-order valence-corrected chi connectivity index (χ0v) is 70.9. The van der Waals surface area contributed by atoms with E-state index in [1.54, 1.807) is 29.2 Å². The van der Waals surface area contributed by atoms with Gasteiger partial charge in [-0.1, -0.05) is 97.4 Å². The molecule has 0 spiro atoms. The number of aromatic nitrogens is 7. The maximum Gasteiger partial charge on any atom is 0.256 e. The van der Waals surface area contributed by atoms with Crippen LogP contribution >= 0.6 is 0 Å². The highest BCUT2D eigenvalue weighted by atomic mass is 16.2. The van der Waals surface area contributed by atoms with Crippen molar-refractivity contribution in [2.24, 2.45) is 11.5 Å². The molecule has 0 unspecified atom stereocenters. The van der Waals surface area contributed by atoms with Gasteiger partial charge in [0.05, 0.1) is 57.2 Å². The summed E-state index contributed by atoms with van der Waals surface area (Å²) in [6.07, 6.45) is 18.1. The summed E-state index contributed by atoms with van der Waals surface area (Å²) >= 11 is 0. The topological polar surface area (TPSA) is 380 Å². The summed E-state index contributed by atoms with van der Waals surface area (Å²) in [5.41, 5.74) is 22.3. The third-order valence-electron chi connectivity index (χ3n) is 26.4. The van der Waals surface area contributed by atoms with Gasteiger partial charge in [-0.2, -0.15) is 0 Å². The quantitative estimate of drug-likeness (QED) is 0.0625. The largest absolute Gasteiger partial charge is 0.348 e. The van der Waals surface area contributed by atoms with Crippen molar-refractivity contribution in [1.82, 2.24) is 84.7 Å². The molecule has 9 aliphatic rings. The highest BCUT2D eigenvalue weighted by Gasteiger charge is 2.34. The number of rotatable bonds is 12. The van der Waals surface area contributed by atoms with Crippen LogP contribution in [-0.2, 0) is 95.2 Å². The molecule has 12 N–H and O–H groups in total. The van der Waals surface area contributed by atoms with Crippen LogP contribution in [0.15, 0.2) is 158 Å². The van der Waals surface area contributed by atoms with Crippen LogP contribution in [0.2, 0.25) is 0 Å². The molecule has 650 valence electrons. The third-order valence-corrected chi connectivity index (χ3v) is 26.4. The number of imidazole rings is 1. The van der Waals surface area contributed by atoms with Gasteiger partial charge in [0.1, 0.15) is 0 Å². The van der Waals surface area contributed by atoms with Gasteiger partial charge in [0, 0.05) is 151 Å². The Morgan fingerprint density at radius 2 is 0.782 bits per heavy atom. The van der Waals surface area contributed by atoms with Crippen molar-refractivity contribution in [3.05, 3.63) is 248 Å². The minimum Gasteiger partial charge on any atom is -0.348 e. The number of benzene rings is 5. The molecule has 29 nitrogen and oxygen atoms in total. The standard InChI is InChI=1S/C24H32N4O2.C20H26N4O2.C18H19N5O2.C18H21N3O2.C15H17N3O2/c29-23(10-15-26-13-7-18(8-14-26)27-11-3-4-12-27)28-16-9-20-19-5-1-2-6-21(19)24(30)25-22(20)17-28;25-19(7-11-23-10-3-8-21-9-13-23)24-12-6-16-15-4-1-2-5-17(15)20(26)22-18(16)14-24;19-15(7-11-8-20-10-21-11)18(25)23-6-5-13-12-3-1-2-4-14(12)17(24)22-16(13)9-23;22-17-14-6-2-1-5-12(14)13-8-10-21(11-16(13)20-17)18(23)15-7-3-4-9-19-15;1-9(16)15(20)18-7-6-11-10-4-2-3-5-12(10)14(19)17-13(11)8-18/h1-2,5-6,18H,3-4,7-17H2,(H,25,30);1-2,4-5,21H,3,6-14H2,(H,22,26);1-4,8,10,15H,5-7,9,19H2,(H,20,21)(H,22,24);1-2,5-6,15,19H,3-4,7-11H2,(H,20,22);2-5,9H,6-8,16H2,1H3,(H,17,19)/t;;2*15-;9-/m..111/s1. The normalized spacial score (nSPS) is 18.6. The second-order valence-corrected chi connectivity index (χ2v) is 34.4. The summed E-state index contributed by atoms with van der Waals surface area (Å²) in [4.78, 5) is 163. The van der Waals surface area contributed by atoms with Gasteiger partial charge in [-0.15, -0.1) is 0 Å². The number of nitrogens with one attached hydrogen (secondary N) is 8. The summed E-state index contributed by atoms with van der Waals surface area (Å²) in [5, 5.41) is 15.4. The lowest BCUT2D eigenvalue weighted by Gasteiger charge is -2.37. The minimum absolute atomic E-state index is 0.0560. The van der Waals surface area contributed by atoms with E-state index in [2.05, 4.69) is 60.2 Å². The Morgan fingerprint density at radius 1 is 0.403 bits per heavy atom. The van der Waals surface area contributed by atoms with Gasteiger partial charge in [-0.05, 0) is 215 Å². The average molecular weight is 1680 g/mol. The molecule has 11 aromatic rings. The van der Waals surface area contributed by atoms with Crippen LogP contribution in [0, 0.1) is 0 Å². The number of fused-ring (bicyclic) bond motifs is 15. The van der Waals surface area contributed by atoms with Crippen LogP contribution < -0.4 is 49.9 Å². The maximum absolute atomic E-state index is 12.9. The molecule has 0 aliphatic carbocycles. The molecule has 0 saturated carbocycles. The molecule has 5 amide bonds. The van der Waals surface area contributed by atoms with Crippen LogP contribution in [0.5, 0.6) is 0 Å². The lowest BCUT2D eigenvalue weighted by atomic mass is 9.97. The first-order valence-corrected chi connectivity index (χ1v) is 44.5. The SMILES string of the molecule is C[C@@H](N)C(=O)N1CCc2c([nH]c(=O)c3ccccc23)C1.N[C@H](Cc1cnc[nH]1)C(=O)N1CCc2c([nH]c(=O)c3ccccc23)C1.O=C(CCN1CCC(N2CCCC2)CC1)N1CCc2c([nH]c(=O)c3ccccc23)C1.O=C(CCN1CCCNCC1)N1CCc2c([nH]c(=O)c3ccccc23)C1.O=C([C@H]1CCCCN1)N1CCc2c([nH]c(=O)c3ccccc23)C1. The van der Waals surface area contributed by atoms with Crippen LogP contribution in [0.25, 0.3) is 53.9 Å². The summed E-state index contributed by atoms with van der Waals surface area (Å²) in [5.74, 6) is 0.362. The summed E-state index contributed by atoms with van der Waals surface area (Å²) in [7, 11) is 0. The molecular weight excluding hydrogens is 1570 g/mol. The van der Waals surface area contributed by atoms with Gasteiger partial charge in [0.2, 0.25) is 29.5 Å². The first-order chi connectivity index (χ1) is 60.4. The second kappa shape index (κ2) is 39.5. The Bertz CT molecular complexity index is 6030. The summed E-state index contributed by atoms with van der Waals surface area (Å²) in [6.45, 7) is 18.9. The fraction of sp³-hybridized carbons (Fsp3) is 0.442. The summed E-state index contributed by atoms with van der Waals surface area (Å²) < 4.78 is 0. The molecule has 4 fully saturated rings. The Kier molecular flexibility index (Phi) is 27.4. The lowest BCUT2D eigenvalue weighted by Crippen LogP contribution is -2.50. The van der Waals surface area contributed by atoms with E-state index >= 15 is 0 Å². The first-order valence-electron chi connectivity index (χ1n) is 44.5. The Labute approximate surface area is 718 Å². The molecule has 5 aromatic carbocycles. The highest BCUT2D eigenvalue weighted by Crippen LogP contribution is 2.31. The van der Waals surface area contributed by atoms with E-state index in [-0.39, 0.29) is 63.4 Å². The number of H-pyrrole nitrogens is 6. The number of amides is 5. The lowest BCUT2D eigenvalue weighted by molar-refractivity contribution is -0.135. The molecule has 4 saturated heterocycles. The number of carbonyl (C=O) groups is 5. The van der Waals surface area contributed by atoms with Crippen molar-refractivity contribution in [3.63, 3.8) is 0 Å². The fourth-order valence-corrected chi connectivity index (χ4v) is 19.7. The molecule has 3 atom stereocenters. The predicted molar refractivity (Wildman–Crippen MR) is 481 cm³/mol. The Hall–Kier alpha value is -11.6. The molecule has 15 heterocycles. The van der Waals surface area contributed by atoms with Gasteiger partial charge in [-0.25, -0.2) is 4.98 Å². The van der Waals surface area contributed by atoms with E-state index in [1.165, 1.54) is 55.5 Å². The molecule has 20 rings (SSSR count). The van der Waals surface area contributed by atoms with Gasteiger partial charge in [0.25, 0.3) is 27.8 Å². The van der Waals surface area contributed by atoms with E-state index in [1.807, 2.05) is 136 Å². The van der Waals surface area contributed by atoms with E-state index in [0.717, 1.165) is 224 Å². The monoisotopic (exact) mass is 1680 g/mol. The fourth-order valence-electron chi connectivity index (χ4n) is 19.7. The number of hydrogen-bond donors (Lipinski definition) is 10. The minimum atomic E-state index is -0.630. The zero-order valence-electron chi connectivity index (χ0n) is 70.9. The van der Waals surface area contributed by atoms with Crippen molar-refractivity contribution < 1.29 is 24.0 Å². The molecule has 29 heteroatoms. The van der Waals surface area contributed by atoms with E-state index in [4.69, 9.17) is 11.5 Å². The molecule has 124 heavy (non-hydrogen) atoms. The van der Waals surface area contributed by atoms with Gasteiger partial charge in [-0.3, -0.25) is 47.9 Å². The van der Waals surface area contributed by atoms with Crippen molar-refractivity contribution >= 4 is 83.4 Å². The maximum atomic E-state index is 12.9. The van der Waals surface area contributed by atoms with Crippen LogP contribution in [-0.4, -0.2) is 233 Å². The second-order valence-electron chi connectivity index (χ2n) is 34.4. The van der Waals surface area contributed by atoms with Crippen LogP contribution in [0.1, 0.15) is 133 Å². The van der Waals surface area contributed by atoms with Gasteiger partial charge >= 0.3 is 0 Å². The molecule has 6 aromatic heterocycles. The van der Waals surface area contributed by atoms with E-state index in [9.17, 15) is 47.9 Å². The average Bonchev–Trinajstić information content (AvgIpc) is 0.902. The highest BCUT2D eigenvalue weighted by molar-refractivity contribution is 5.91. The number of pyridine rings is 5. The van der Waals surface area contributed by atoms with Crippen molar-refractivity contribution in [2.45, 2.75) is 167 Å². The number of hydrogen-bond acceptors (Lipinski definition) is 18. The number of aromatic amines is 6. The molecular formula is C95H115N19O10. The van der Waals surface area contributed by atoms with Gasteiger partial charge < -0.3 is 91.2 Å². The molecule has 0 bridgehead atoms.